The van der Waals surface area contributed by atoms with E-state index >= 15 is 0 Å². The average Bonchev–Trinajstić information content (AvgIpc) is 2.26. The molecule has 0 bridgehead atoms. The third-order valence-electron chi connectivity index (χ3n) is 2.05. The fourth-order valence-electron chi connectivity index (χ4n) is 1.31. The molecule has 3 nitrogen and oxygen atoms in total. The van der Waals surface area contributed by atoms with Crippen LogP contribution in [0.25, 0.3) is 0 Å². The topological polar surface area (TPSA) is 34.1 Å². The van der Waals surface area contributed by atoms with Crippen LogP contribution in [-0.4, -0.2) is 24.7 Å². The summed E-state index contributed by atoms with van der Waals surface area (Å²) in [5.41, 5.74) is 0. The summed E-state index contributed by atoms with van der Waals surface area (Å²) in [7, 11) is 1.92. The highest BCUT2D eigenvalue weighted by atomic mass is 35.5. The molecule has 88 valence electrons. The van der Waals surface area contributed by atoms with E-state index in [2.05, 4.69) is 10.3 Å². The first-order chi connectivity index (χ1) is 7.76. The molecule has 1 aromatic heterocycles. The van der Waals surface area contributed by atoms with Crippen molar-refractivity contribution in [3.8, 4) is 5.88 Å². The number of nitrogens with one attached hydrogen (secondary N) is 1. The SMILES string of the molecule is C/C=C/C(CCNC)Oc1cccc(Cl)n1. The third-order valence-corrected chi connectivity index (χ3v) is 2.26. The van der Waals surface area contributed by atoms with E-state index in [-0.39, 0.29) is 6.10 Å². The molecule has 1 aromatic rings. The van der Waals surface area contributed by atoms with E-state index in [1.165, 1.54) is 0 Å². The smallest absolute Gasteiger partial charge is 0.215 e. The minimum Gasteiger partial charge on any atom is -0.470 e. The normalized spacial score (nSPS) is 12.9. The van der Waals surface area contributed by atoms with E-state index in [0.29, 0.717) is 11.0 Å². The van der Waals surface area contributed by atoms with Gasteiger partial charge in [0.1, 0.15) is 11.3 Å². The molecule has 1 unspecified atom stereocenters. The maximum atomic E-state index is 5.79. The fraction of sp³-hybridized carbons (Fsp3) is 0.417. The van der Waals surface area contributed by atoms with Crippen molar-refractivity contribution in [3.63, 3.8) is 0 Å². The van der Waals surface area contributed by atoms with E-state index in [1.54, 1.807) is 6.07 Å². The van der Waals surface area contributed by atoms with Crippen LogP contribution in [0.1, 0.15) is 13.3 Å². The van der Waals surface area contributed by atoms with Gasteiger partial charge in [0.2, 0.25) is 5.88 Å². The molecule has 1 atom stereocenters. The molecule has 0 saturated heterocycles. The largest absolute Gasteiger partial charge is 0.470 e. The number of ether oxygens (including phenoxy) is 1. The standard InChI is InChI=1S/C12H17ClN2O/c1-3-5-10(8-9-14-2)16-12-7-4-6-11(13)15-12/h3-7,10,14H,8-9H2,1-2H3/b5-3+. The Morgan fingerprint density at radius 3 is 3.00 bits per heavy atom. The predicted octanol–water partition coefficient (Wildman–Crippen LogP) is 2.67. The molecule has 1 N–H and O–H groups in total. The van der Waals surface area contributed by atoms with Gasteiger partial charge in [-0.1, -0.05) is 23.7 Å². The molecule has 0 spiro atoms. The van der Waals surface area contributed by atoms with E-state index in [4.69, 9.17) is 16.3 Å². The Morgan fingerprint density at radius 2 is 2.38 bits per heavy atom. The molecule has 1 heterocycles. The number of halogens is 1. The van der Waals surface area contributed by atoms with Crippen LogP contribution in [0.5, 0.6) is 5.88 Å². The Hall–Kier alpha value is -1.06. The Bertz CT molecular complexity index is 342. The Labute approximate surface area is 101 Å². The lowest BCUT2D eigenvalue weighted by Crippen LogP contribution is -2.20. The van der Waals surface area contributed by atoms with Crippen LogP contribution in [0, 0.1) is 0 Å². The zero-order chi connectivity index (χ0) is 11.8. The van der Waals surface area contributed by atoms with Gasteiger partial charge in [-0.3, -0.25) is 0 Å². The van der Waals surface area contributed by atoms with Crippen molar-refractivity contribution in [2.45, 2.75) is 19.4 Å². The van der Waals surface area contributed by atoms with Crippen LogP contribution < -0.4 is 10.1 Å². The number of rotatable bonds is 6. The average molecular weight is 241 g/mol. The van der Waals surface area contributed by atoms with Crippen molar-refractivity contribution in [2.24, 2.45) is 0 Å². The van der Waals surface area contributed by atoms with Crippen LogP contribution >= 0.6 is 11.6 Å². The summed E-state index contributed by atoms with van der Waals surface area (Å²) >= 11 is 5.79. The van der Waals surface area contributed by atoms with Crippen molar-refractivity contribution in [2.75, 3.05) is 13.6 Å². The molecule has 0 aliphatic carbocycles. The minimum atomic E-state index is 0.0309. The van der Waals surface area contributed by atoms with Gasteiger partial charge >= 0.3 is 0 Å². The molecule has 0 fully saturated rings. The van der Waals surface area contributed by atoms with Gasteiger partial charge in [-0.15, -0.1) is 0 Å². The predicted molar refractivity (Wildman–Crippen MR) is 67.0 cm³/mol. The molecule has 0 radical (unpaired) electrons. The molecule has 16 heavy (non-hydrogen) atoms. The van der Waals surface area contributed by atoms with Gasteiger partial charge in [-0.25, -0.2) is 4.98 Å². The van der Waals surface area contributed by atoms with E-state index in [0.717, 1.165) is 13.0 Å². The molecule has 0 saturated carbocycles. The molecule has 0 amide bonds. The summed E-state index contributed by atoms with van der Waals surface area (Å²) in [6, 6.07) is 5.36. The van der Waals surface area contributed by atoms with Gasteiger partial charge in [-0.2, -0.15) is 0 Å². The number of hydrogen-bond donors (Lipinski definition) is 1. The second-order valence-corrected chi connectivity index (χ2v) is 3.76. The van der Waals surface area contributed by atoms with Crippen molar-refractivity contribution in [1.29, 1.82) is 0 Å². The summed E-state index contributed by atoms with van der Waals surface area (Å²) in [6.45, 7) is 2.87. The quantitative estimate of drug-likeness (QED) is 0.613. The minimum absolute atomic E-state index is 0.0309. The molecular formula is C12H17ClN2O. The van der Waals surface area contributed by atoms with Crippen molar-refractivity contribution in [3.05, 3.63) is 35.5 Å². The Morgan fingerprint density at radius 1 is 1.56 bits per heavy atom. The number of aromatic nitrogens is 1. The van der Waals surface area contributed by atoms with E-state index < -0.39 is 0 Å². The highest BCUT2D eigenvalue weighted by Crippen LogP contribution is 2.14. The monoisotopic (exact) mass is 240 g/mol. The van der Waals surface area contributed by atoms with Gasteiger partial charge in [0.05, 0.1) is 0 Å². The number of pyridine rings is 1. The second-order valence-electron chi connectivity index (χ2n) is 3.37. The van der Waals surface area contributed by atoms with E-state index in [1.807, 2.05) is 38.3 Å². The molecule has 0 aliphatic rings. The highest BCUT2D eigenvalue weighted by Gasteiger charge is 2.06. The number of allylic oxidation sites excluding steroid dienone is 1. The maximum absolute atomic E-state index is 5.79. The summed E-state index contributed by atoms with van der Waals surface area (Å²) in [6.07, 6.45) is 4.92. The third kappa shape index (κ3) is 4.64. The van der Waals surface area contributed by atoms with Gasteiger partial charge in [0.15, 0.2) is 0 Å². The summed E-state index contributed by atoms with van der Waals surface area (Å²) in [5, 5.41) is 3.54. The number of hydrogen-bond acceptors (Lipinski definition) is 3. The highest BCUT2D eigenvalue weighted by molar-refractivity contribution is 6.29. The lowest BCUT2D eigenvalue weighted by Gasteiger charge is -2.14. The Kier molecular flexibility index (Phi) is 5.90. The number of nitrogens with zero attached hydrogens (tertiary/aromatic N) is 1. The summed E-state index contributed by atoms with van der Waals surface area (Å²) < 4.78 is 5.72. The van der Waals surface area contributed by atoms with Crippen LogP contribution in [0.3, 0.4) is 0 Å². The molecule has 0 aromatic carbocycles. The summed E-state index contributed by atoms with van der Waals surface area (Å²) in [5.74, 6) is 0.562. The molecular weight excluding hydrogens is 224 g/mol. The first-order valence-electron chi connectivity index (χ1n) is 5.33. The maximum Gasteiger partial charge on any atom is 0.215 e. The van der Waals surface area contributed by atoms with Crippen LogP contribution in [0.4, 0.5) is 0 Å². The second kappa shape index (κ2) is 7.25. The lowest BCUT2D eigenvalue weighted by atomic mass is 10.2. The Balaban J connectivity index is 2.60. The zero-order valence-corrected chi connectivity index (χ0v) is 10.4. The van der Waals surface area contributed by atoms with Crippen LogP contribution in [0.15, 0.2) is 30.4 Å². The van der Waals surface area contributed by atoms with Crippen molar-refractivity contribution < 1.29 is 4.74 Å². The van der Waals surface area contributed by atoms with Gasteiger partial charge in [0, 0.05) is 12.5 Å². The zero-order valence-electron chi connectivity index (χ0n) is 9.61. The first-order valence-corrected chi connectivity index (χ1v) is 5.70. The molecule has 0 aliphatic heterocycles. The fourth-order valence-corrected chi connectivity index (χ4v) is 1.46. The van der Waals surface area contributed by atoms with Crippen molar-refractivity contribution >= 4 is 11.6 Å². The first kappa shape index (κ1) is 13.0. The lowest BCUT2D eigenvalue weighted by molar-refractivity contribution is 0.229. The van der Waals surface area contributed by atoms with E-state index in [9.17, 15) is 0 Å². The van der Waals surface area contributed by atoms with Gasteiger partial charge < -0.3 is 10.1 Å². The van der Waals surface area contributed by atoms with Crippen LogP contribution in [-0.2, 0) is 0 Å². The van der Waals surface area contributed by atoms with Gasteiger partial charge in [-0.05, 0) is 32.7 Å². The van der Waals surface area contributed by atoms with Crippen LogP contribution in [0.2, 0.25) is 5.15 Å². The van der Waals surface area contributed by atoms with Crippen molar-refractivity contribution in [1.82, 2.24) is 10.3 Å². The molecule has 4 heteroatoms. The summed E-state index contributed by atoms with van der Waals surface area (Å²) in [4.78, 5) is 4.09. The van der Waals surface area contributed by atoms with Gasteiger partial charge in [0.25, 0.3) is 0 Å². The molecule has 1 rings (SSSR count).